The van der Waals surface area contributed by atoms with Crippen LogP contribution >= 0.6 is 11.3 Å². The molecule has 0 aliphatic heterocycles. The summed E-state index contributed by atoms with van der Waals surface area (Å²) in [7, 11) is 0. The number of rotatable bonds is 6. The van der Waals surface area contributed by atoms with Gasteiger partial charge in [0.25, 0.3) is 0 Å². The van der Waals surface area contributed by atoms with Gasteiger partial charge in [0, 0.05) is 4.88 Å². The molecule has 6 heteroatoms. The van der Waals surface area contributed by atoms with Crippen LogP contribution in [0.2, 0.25) is 0 Å². The normalized spacial score (nSPS) is 10.4. The Bertz CT molecular complexity index is 541. The van der Waals surface area contributed by atoms with Gasteiger partial charge in [0.1, 0.15) is 12.0 Å². The van der Waals surface area contributed by atoms with E-state index in [1.807, 2.05) is 6.92 Å². The van der Waals surface area contributed by atoms with Crippen molar-refractivity contribution in [1.29, 1.82) is 0 Å². The van der Waals surface area contributed by atoms with E-state index < -0.39 is 0 Å². The molecule has 5 nitrogen and oxygen atoms in total. The first-order valence-corrected chi connectivity index (χ1v) is 7.10. The van der Waals surface area contributed by atoms with Crippen LogP contribution in [-0.4, -0.2) is 16.6 Å². The number of nitrogen functional groups attached to an aromatic ring is 1. The Kier molecular flexibility index (Phi) is 4.57. The van der Waals surface area contributed by atoms with Crippen molar-refractivity contribution < 1.29 is 4.74 Å². The van der Waals surface area contributed by atoms with E-state index in [0.717, 1.165) is 6.42 Å². The maximum absolute atomic E-state index is 5.99. The zero-order valence-corrected chi connectivity index (χ0v) is 12.0. The zero-order chi connectivity index (χ0) is 13.7. The monoisotopic (exact) mass is 278 g/mol. The Morgan fingerprint density at radius 2 is 2.26 bits per heavy atom. The van der Waals surface area contributed by atoms with E-state index in [-0.39, 0.29) is 0 Å². The molecule has 0 aliphatic carbocycles. The van der Waals surface area contributed by atoms with E-state index in [4.69, 9.17) is 10.5 Å². The number of anilines is 2. The average molecular weight is 278 g/mol. The highest BCUT2D eigenvalue weighted by molar-refractivity contribution is 7.10. The number of hydrogen-bond donors (Lipinski definition) is 2. The lowest BCUT2D eigenvalue weighted by Crippen LogP contribution is -2.08. The minimum absolute atomic E-state index is 0.447. The Morgan fingerprint density at radius 3 is 2.95 bits per heavy atom. The summed E-state index contributed by atoms with van der Waals surface area (Å²) in [5.74, 6) is 1.07. The predicted octanol–water partition coefficient (Wildman–Crippen LogP) is 2.83. The second-order valence-electron chi connectivity index (χ2n) is 4.17. The van der Waals surface area contributed by atoms with E-state index in [2.05, 4.69) is 33.7 Å². The van der Waals surface area contributed by atoms with Crippen molar-refractivity contribution in [1.82, 2.24) is 9.97 Å². The summed E-state index contributed by atoms with van der Waals surface area (Å²) in [5, 5.41) is 5.30. The van der Waals surface area contributed by atoms with E-state index in [9.17, 15) is 0 Å². The summed E-state index contributed by atoms with van der Waals surface area (Å²) in [6.45, 7) is 5.44. The van der Waals surface area contributed by atoms with Crippen LogP contribution < -0.4 is 15.8 Å². The number of hydrogen-bond acceptors (Lipinski definition) is 6. The van der Waals surface area contributed by atoms with Crippen molar-refractivity contribution in [2.45, 2.75) is 26.8 Å². The molecule has 0 amide bonds. The fraction of sp³-hybridized carbons (Fsp3) is 0.385. The van der Waals surface area contributed by atoms with Crippen LogP contribution in [0.15, 0.2) is 17.8 Å². The molecule has 0 unspecified atom stereocenters. The number of thiophene rings is 1. The van der Waals surface area contributed by atoms with Crippen molar-refractivity contribution in [3.8, 4) is 5.88 Å². The molecule has 0 saturated heterocycles. The van der Waals surface area contributed by atoms with Crippen LogP contribution in [0.25, 0.3) is 0 Å². The predicted molar refractivity (Wildman–Crippen MR) is 78.6 cm³/mol. The quantitative estimate of drug-likeness (QED) is 0.850. The summed E-state index contributed by atoms with van der Waals surface area (Å²) < 4.78 is 5.47. The van der Waals surface area contributed by atoms with Crippen LogP contribution in [0.3, 0.4) is 0 Å². The van der Waals surface area contributed by atoms with Gasteiger partial charge < -0.3 is 15.8 Å². The van der Waals surface area contributed by atoms with Gasteiger partial charge in [-0.2, -0.15) is 4.98 Å². The molecule has 0 radical (unpaired) electrons. The van der Waals surface area contributed by atoms with E-state index >= 15 is 0 Å². The van der Waals surface area contributed by atoms with Crippen LogP contribution in [-0.2, 0) is 6.54 Å². The van der Waals surface area contributed by atoms with Crippen molar-refractivity contribution in [3.63, 3.8) is 0 Å². The standard InChI is InChI=1S/C13H18N4OS/c1-3-5-18-13-11(14)12(16-8-17-13)15-7-10-9(2)4-6-19-10/h4,6,8H,3,5,7,14H2,1-2H3,(H,15,16,17). The molecule has 102 valence electrons. The summed E-state index contributed by atoms with van der Waals surface area (Å²) in [6.07, 6.45) is 2.38. The Hall–Kier alpha value is -1.82. The molecule has 2 heterocycles. The molecule has 0 saturated carbocycles. The maximum atomic E-state index is 5.99. The van der Waals surface area contributed by atoms with Crippen molar-refractivity contribution in [3.05, 3.63) is 28.2 Å². The lowest BCUT2D eigenvalue weighted by atomic mass is 10.3. The molecule has 3 N–H and O–H groups in total. The van der Waals surface area contributed by atoms with Crippen molar-refractivity contribution in [2.75, 3.05) is 17.7 Å². The first-order chi connectivity index (χ1) is 9.22. The van der Waals surface area contributed by atoms with E-state index in [0.29, 0.717) is 30.5 Å². The topological polar surface area (TPSA) is 73.1 Å². The van der Waals surface area contributed by atoms with Gasteiger partial charge in [0.05, 0.1) is 13.2 Å². The van der Waals surface area contributed by atoms with Gasteiger partial charge in [-0.3, -0.25) is 0 Å². The molecule has 2 aromatic rings. The average Bonchev–Trinajstić information content (AvgIpc) is 2.82. The Balaban J connectivity index is 2.06. The maximum Gasteiger partial charge on any atom is 0.242 e. The number of aromatic nitrogens is 2. The first-order valence-electron chi connectivity index (χ1n) is 6.22. The Labute approximate surface area is 116 Å². The third-order valence-electron chi connectivity index (χ3n) is 2.67. The Morgan fingerprint density at radius 1 is 1.42 bits per heavy atom. The van der Waals surface area contributed by atoms with Gasteiger partial charge in [0.2, 0.25) is 5.88 Å². The highest BCUT2D eigenvalue weighted by Gasteiger charge is 2.09. The van der Waals surface area contributed by atoms with Gasteiger partial charge in [-0.1, -0.05) is 6.92 Å². The van der Waals surface area contributed by atoms with Crippen LogP contribution in [0.4, 0.5) is 11.5 Å². The van der Waals surface area contributed by atoms with Crippen molar-refractivity contribution in [2.24, 2.45) is 0 Å². The third-order valence-corrected chi connectivity index (χ3v) is 3.70. The van der Waals surface area contributed by atoms with Crippen LogP contribution in [0.5, 0.6) is 5.88 Å². The molecule has 0 aromatic carbocycles. The molecular weight excluding hydrogens is 260 g/mol. The molecule has 0 aliphatic rings. The second-order valence-corrected chi connectivity index (χ2v) is 5.17. The van der Waals surface area contributed by atoms with Crippen molar-refractivity contribution >= 4 is 22.8 Å². The fourth-order valence-corrected chi connectivity index (χ4v) is 2.43. The van der Waals surface area contributed by atoms with E-state index in [1.54, 1.807) is 11.3 Å². The molecule has 19 heavy (non-hydrogen) atoms. The molecule has 0 fully saturated rings. The number of nitrogens with zero attached hydrogens (tertiary/aromatic N) is 2. The van der Waals surface area contributed by atoms with Gasteiger partial charge in [-0.25, -0.2) is 4.98 Å². The SMILES string of the molecule is CCCOc1ncnc(NCc2sccc2C)c1N. The highest BCUT2D eigenvalue weighted by atomic mass is 32.1. The second kappa shape index (κ2) is 6.38. The summed E-state index contributed by atoms with van der Waals surface area (Å²) in [4.78, 5) is 9.47. The molecular formula is C13H18N4OS. The minimum Gasteiger partial charge on any atom is -0.476 e. The summed E-state index contributed by atoms with van der Waals surface area (Å²) in [6, 6.07) is 2.10. The first kappa shape index (κ1) is 13.6. The number of ether oxygens (including phenoxy) is 1. The smallest absolute Gasteiger partial charge is 0.242 e. The zero-order valence-electron chi connectivity index (χ0n) is 11.1. The molecule has 2 aromatic heterocycles. The van der Waals surface area contributed by atoms with Gasteiger partial charge in [-0.05, 0) is 30.4 Å². The fourth-order valence-electron chi connectivity index (χ4n) is 1.58. The van der Waals surface area contributed by atoms with Gasteiger partial charge in [0.15, 0.2) is 5.82 Å². The van der Waals surface area contributed by atoms with Gasteiger partial charge >= 0.3 is 0 Å². The van der Waals surface area contributed by atoms with Crippen LogP contribution in [0, 0.1) is 6.92 Å². The molecule has 0 atom stereocenters. The lowest BCUT2D eigenvalue weighted by Gasteiger charge is -2.11. The summed E-state index contributed by atoms with van der Waals surface area (Å²) in [5.41, 5.74) is 7.73. The number of nitrogens with two attached hydrogens (primary N) is 1. The number of nitrogens with one attached hydrogen (secondary N) is 1. The largest absolute Gasteiger partial charge is 0.476 e. The number of aryl methyl sites for hydroxylation is 1. The molecule has 0 bridgehead atoms. The third kappa shape index (κ3) is 3.35. The lowest BCUT2D eigenvalue weighted by molar-refractivity contribution is 0.306. The van der Waals surface area contributed by atoms with Gasteiger partial charge in [-0.15, -0.1) is 11.3 Å². The highest BCUT2D eigenvalue weighted by Crippen LogP contribution is 2.26. The van der Waals surface area contributed by atoms with Crippen LogP contribution in [0.1, 0.15) is 23.8 Å². The minimum atomic E-state index is 0.447. The van der Waals surface area contributed by atoms with E-state index in [1.165, 1.54) is 16.8 Å². The molecule has 0 spiro atoms. The molecule has 2 rings (SSSR count). The summed E-state index contributed by atoms with van der Waals surface area (Å²) >= 11 is 1.71.